The van der Waals surface area contributed by atoms with Crippen molar-refractivity contribution in [2.24, 2.45) is 0 Å². The predicted molar refractivity (Wildman–Crippen MR) is 76.4 cm³/mol. The van der Waals surface area contributed by atoms with Gasteiger partial charge in [-0.1, -0.05) is 36.4 Å². The van der Waals surface area contributed by atoms with Gasteiger partial charge in [-0.3, -0.25) is 4.79 Å². The molecule has 2 N–H and O–H groups in total. The van der Waals surface area contributed by atoms with E-state index in [-0.39, 0.29) is 17.9 Å². The highest BCUT2D eigenvalue weighted by molar-refractivity contribution is 5.96. The number of phenols is 1. The van der Waals surface area contributed by atoms with E-state index in [0.29, 0.717) is 0 Å². The number of alkyl halides is 2. The van der Waals surface area contributed by atoms with Crippen LogP contribution in [-0.4, -0.2) is 16.9 Å². The van der Waals surface area contributed by atoms with Gasteiger partial charge in [-0.15, -0.1) is 0 Å². The Kier molecular flexibility index (Phi) is 4.52. The molecule has 0 atom stereocenters. The van der Waals surface area contributed by atoms with Crippen LogP contribution in [0.25, 0.3) is 0 Å². The number of anilines is 1. The molecule has 0 radical (unpaired) electrons. The predicted octanol–water partition coefficient (Wildman–Crippen LogP) is 3.60. The van der Waals surface area contributed by atoms with Crippen molar-refractivity contribution in [2.45, 2.75) is 18.8 Å². The number of halogens is 2. The topological polar surface area (TPSA) is 49.3 Å². The number of carbonyl (C=O) groups excluding carboxylic acids is 1. The fourth-order valence-electron chi connectivity index (χ4n) is 1.87. The lowest BCUT2D eigenvalue weighted by atomic mass is 10.1. The molecule has 0 unspecified atom stereocenters. The Balaban J connectivity index is 1.96. The number of rotatable bonds is 5. The van der Waals surface area contributed by atoms with Gasteiger partial charge in [0.2, 0.25) is 0 Å². The number of nitrogens with one attached hydrogen (secondary N) is 1. The molecule has 0 fully saturated rings. The maximum absolute atomic E-state index is 13.8. The van der Waals surface area contributed by atoms with E-state index in [4.69, 9.17) is 0 Å². The van der Waals surface area contributed by atoms with Gasteiger partial charge >= 0.3 is 5.92 Å². The summed E-state index contributed by atoms with van der Waals surface area (Å²) in [5, 5.41) is 11.4. The Bertz CT molecular complexity index is 615. The molecule has 21 heavy (non-hydrogen) atoms. The summed E-state index contributed by atoms with van der Waals surface area (Å²) in [6.45, 7) is 0. The molecule has 0 aliphatic heterocycles. The summed E-state index contributed by atoms with van der Waals surface area (Å²) < 4.78 is 27.6. The van der Waals surface area contributed by atoms with Gasteiger partial charge in [-0.2, -0.15) is 8.78 Å². The van der Waals surface area contributed by atoms with E-state index in [1.54, 1.807) is 30.3 Å². The molecule has 110 valence electrons. The third-order valence-electron chi connectivity index (χ3n) is 3.01. The molecule has 0 saturated carbocycles. The van der Waals surface area contributed by atoms with E-state index >= 15 is 0 Å². The van der Waals surface area contributed by atoms with Gasteiger partial charge in [0.25, 0.3) is 5.91 Å². The first kappa shape index (κ1) is 15.0. The van der Waals surface area contributed by atoms with Crippen LogP contribution in [0.2, 0.25) is 0 Å². The van der Waals surface area contributed by atoms with Gasteiger partial charge in [0.15, 0.2) is 0 Å². The van der Waals surface area contributed by atoms with Crippen molar-refractivity contribution in [3.8, 4) is 5.75 Å². The van der Waals surface area contributed by atoms with Crippen LogP contribution in [0.5, 0.6) is 5.75 Å². The van der Waals surface area contributed by atoms with Crippen molar-refractivity contribution in [3.05, 3.63) is 60.2 Å². The molecular weight excluding hydrogens is 276 g/mol. The monoisotopic (exact) mass is 291 g/mol. The van der Waals surface area contributed by atoms with Gasteiger partial charge in [-0.25, -0.2) is 0 Å². The van der Waals surface area contributed by atoms with E-state index in [1.165, 1.54) is 24.3 Å². The third-order valence-corrected chi connectivity index (χ3v) is 3.01. The van der Waals surface area contributed by atoms with Gasteiger partial charge in [0.1, 0.15) is 5.75 Å². The SMILES string of the molecule is O=C(Nc1cccc(O)c1)C(F)(F)CCc1ccccc1. The largest absolute Gasteiger partial charge is 0.508 e. The van der Waals surface area contributed by atoms with Crippen molar-refractivity contribution in [1.29, 1.82) is 0 Å². The summed E-state index contributed by atoms with van der Waals surface area (Å²) in [6, 6.07) is 14.3. The lowest BCUT2D eigenvalue weighted by molar-refractivity contribution is -0.140. The fourth-order valence-corrected chi connectivity index (χ4v) is 1.87. The van der Waals surface area contributed by atoms with E-state index in [9.17, 15) is 18.7 Å². The Morgan fingerprint density at radius 3 is 2.48 bits per heavy atom. The quantitative estimate of drug-likeness (QED) is 0.884. The second-order valence-corrected chi connectivity index (χ2v) is 4.69. The number of aromatic hydroxyl groups is 1. The molecule has 5 heteroatoms. The van der Waals surface area contributed by atoms with Crippen molar-refractivity contribution in [3.63, 3.8) is 0 Å². The van der Waals surface area contributed by atoms with Crippen LogP contribution in [0, 0.1) is 0 Å². The normalized spacial score (nSPS) is 11.1. The lowest BCUT2D eigenvalue weighted by Gasteiger charge is -2.16. The standard InChI is InChI=1S/C16H15F2NO2/c17-16(18,10-9-12-5-2-1-3-6-12)15(21)19-13-7-4-8-14(20)11-13/h1-8,11,20H,9-10H2,(H,19,21). The van der Waals surface area contributed by atoms with Gasteiger partial charge in [-0.05, 0) is 24.1 Å². The first-order valence-corrected chi connectivity index (χ1v) is 6.49. The summed E-state index contributed by atoms with van der Waals surface area (Å²) in [4.78, 5) is 11.6. The van der Waals surface area contributed by atoms with Crippen LogP contribution in [0.3, 0.4) is 0 Å². The number of phenolic OH excluding ortho intramolecular Hbond substituents is 1. The average molecular weight is 291 g/mol. The minimum Gasteiger partial charge on any atom is -0.508 e. The zero-order valence-electron chi connectivity index (χ0n) is 11.2. The highest BCUT2D eigenvalue weighted by Crippen LogP contribution is 2.24. The number of aryl methyl sites for hydroxylation is 1. The molecule has 0 saturated heterocycles. The molecular formula is C16H15F2NO2. The molecule has 0 aliphatic rings. The van der Waals surface area contributed by atoms with Crippen LogP contribution in [-0.2, 0) is 11.2 Å². The minimum atomic E-state index is -3.47. The van der Waals surface area contributed by atoms with Gasteiger partial charge in [0.05, 0.1) is 0 Å². The highest BCUT2D eigenvalue weighted by atomic mass is 19.3. The fraction of sp³-hybridized carbons (Fsp3) is 0.188. The number of benzene rings is 2. The zero-order valence-corrected chi connectivity index (χ0v) is 11.2. The average Bonchev–Trinajstić information content (AvgIpc) is 2.46. The second-order valence-electron chi connectivity index (χ2n) is 4.69. The van der Waals surface area contributed by atoms with E-state index < -0.39 is 18.3 Å². The molecule has 0 aromatic heterocycles. The van der Waals surface area contributed by atoms with E-state index in [0.717, 1.165) is 5.56 Å². The third kappa shape index (κ3) is 4.27. The lowest BCUT2D eigenvalue weighted by Crippen LogP contribution is -2.35. The summed E-state index contributed by atoms with van der Waals surface area (Å²) in [7, 11) is 0. The summed E-state index contributed by atoms with van der Waals surface area (Å²) >= 11 is 0. The van der Waals surface area contributed by atoms with Crippen molar-refractivity contribution < 1.29 is 18.7 Å². The van der Waals surface area contributed by atoms with Crippen molar-refractivity contribution >= 4 is 11.6 Å². The Labute approximate surface area is 121 Å². The first-order chi connectivity index (χ1) is 9.97. The number of hydrogen-bond acceptors (Lipinski definition) is 2. The maximum atomic E-state index is 13.8. The van der Waals surface area contributed by atoms with Crippen LogP contribution in [0.4, 0.5) is 14.5 Å². The van der Waals surface area contributed by atoms with Crippen molar-refractivity contribution in [1.82, 2.24) is 0 Å². The number of hydrogen-bond donors (Lipinski definition) is 2. The smallest absolute Gasteiger partial charge is 0.325 e. The van der Waals surface area contributed by atoms with Crippen LogP contribution in [0.1, 0.15) is 12.0 Å². The molecule has 2 aromatic rings. The van der Waals surface area contributed by atoms with Crippen LogP contribution in [0.15, 0.2) is 54.6 Å². The van der Waals surface area contributed by atoms with Gasteiger partial charge in [0, 0.05) is 18.2 Å². The number of carbonyl (C=O) groups is 1. The van der Waals surface area contributed by atoms with Crippen LogP contribution < -0.4 is 5.32 Å². The first-order valence-electron chi connectivity index (χ1n) is 6.49. The Hall–Kier alpha value is -2.43. The van der Waals surface area contributed by atoms with E-state index in [1.807, 2.05) is 0 Å². The Morgan fingerprint density at radius 2 is 1.81 bits per heavy atom. The summed E-state index contributed by atoms with van der Waals surface area (Å²) in [6.07, 6.45) is -0.455. The second kappa shape index (κ2) is 6.35. The molecule has 0 heterocycles. The molecule has 0 bridgehead atoms. The molecule has 3 nitrogen and oxygen atoms in total. The molecule has 2 rings (SSSR count). The number of amides is 1. The minimum absolute atomic E-state index is 0.0969. The van der Waals surface area contributed by atoms with Gasteiger partial charge < -0.3 is 10.4 Å². The van der Waals surface area contributed by atoms with E-state index in [2.05, 4.69) is 5.32 Å². The maximum Gasteiger partial charge on any atom is 0.325 e. The molecule has 0 aliphatic carbocycles. The van der Waals surface area contributed by atoms with Crippen molar-refractivity contribution in [2.75, 3.05) is 5.32 Å². The summed E-state index contributed by atoms with van der Waals surface area (Å²) in [5.41, 5.74) is 0.890. The Morgan fingerprint density at radius 1 is 1.10 bits per heavy atom. The molecule has 1 amide bonds. The highest BCUT2D eigenvalue weighted by Gasteiger charge is 2.38. The zero-order chi connectivity index (χ0) is 15.3. The molecule has 0 spiro atoms. The van der Waals surface area contributed by atoms with Crippen LogP contribution >= 0.6 is 0 Å². The summed E-state index contributed by atoms with van der Waals surface area (Å²) in [5.74, 6) is -4.94. The molecule has 2 aromatic carbocycles.